The number of carbonyl (C=O) groups is 2. The smallest absolute Gasteiger partial charge is 0.331 e. The molecular formula is C23H28N4O2S. The summed E-state index contributed by atoms with van der Waals surface area (Å²) in [4.78, 5) is 25.3. The Morgan fingerprint density at radius 3 is 2.37 bits per heavy atom. The number of hydrogen-bond acceptors (Lipinski definition) is 3. The maximum atomic E-state index is 12.9. The van der Waals surface area contributed by atoms with Crippen molar-refractivity contribution in [3.8, 4) is 0 Å². The van der Waals surface area contributed by atoms with Crippen LogP contribution in [0.25, 0.3) is 0 Å². The number of urea groups is 1. The van der Waals surface area contributed by atoms with Crippen molar-refractivity contribution in [1.82, 2.24) is 15.8 Å². The molecule has 158 valence electrons. The van der Waals surface area contributed by atoms with E-state index in [1.807, 2.05) is 42.5 Å². The van der Waals surface area contributed by atoms with Gasteiger partial charge < -0.3 is 10.6 Å². The van der Waals surface area contributed by atoms with E-state index in [4.69, 9.17) is 12.2 Å². The Bertz CT molecular complexity index is 901. The summed E-state index contributed by atoms with van der Waals surface area (Å²) in [5.74, 6) is -0.345. The van der Waals surface area contributed by atoms with Crippen molar-refractivity contribution < 1.29 is 9.59 Å². The number of rotatable bonds is 8. The van der Waals surface area contributed by atoms with Gasteiger partial charge in [0.05, 0.1) is 0 Å². The number of nitrogens with zero attached hydrogens (tertiary/aromatic N) is 1. The summed E-state index contributed by atoms with van der Waals surface area (Å²) >= 11 is 5.30. The first-order valence-corrected chi connectivity index (χ1v) is 10.7. The van der Waals surface area contributed by atoms with Gasteiger partial charge in [-0.25, -0.2) is 4.79 Å². The van der Waals surface area contributed by atoms with Gasteiger partial charge in [-0.15, -0.1) is 0 Å². The molecule has 3 N–H and O–H groups in total. The van der Waals surface area contributed by atoms with Crippen LogP contribution in [0.3, 0.4) is 0 Å². The van der Waals surface area contributed by atoms with Gasteiger partial charge in [0, 0.05) is 5.69 Å². The molecule has 6 nitrogen and oxygen atoms in total. The summed E-state index contributed by atoms with van der Waals surface area (Å²) in [5, 5.41) is 6.95. The van der Waals surface area contributed by atoms with Crippen LogP contribution >= 0.6 is 12.2 Å². The summed E-state index contributed by atoms with van der Waals surface area (Å²) in [6, 6.07) is 17.4. The predicted octanol–water partition coefficient (Wildman–Crippen LogP) is 4.17. The third-order valence-electron chi connectivity index (χ3n) is 5.26. The van der Waals surface area contributed by atoms with Gasteiger partial charge in [0.1, 0.15) is 5.54 Å². The lowest BCUT2D eigenvalue weighted by molar-refractivity contribution is -0.132. The van der Waals surface area contributed by atoms with E-state index in [1.54, 1.807) is 6.92 Å². The lowest BCUT2D eigenvalue weighted by atomic mass is 9.93. The summed E-state index contributed by atoms with van der Waals surface area (Å²) in [6.07, 6.45) is 4.54. The van der Waals surface area contributed by atoms with Crippen molar-refractivity contribution in [3.63, 3.8) is 0 Å². The number of anilines is 1. The molecule has 0 radical (unpaired) electrons. The highest BCUT2D eigenvalue weighted by atomic mass is 32.1. The van der Waals surface area contributed by atoms with Crippen LogP contribution in [0.2, 0.25) is 0 Å². The second-order valence-electron chi connectivity index (χ2n) is 7.75. The third kappa shape index (κ3) is 5.36. The number of hydrazine groups is 1. The average molecular weight is 425 g/mol. The number of thiocarbonyl (C=S) groups is 1. The molecule has 1 aliphatic rings. The summed E-state index contributed by atoms with van der Waals surface area (Å²) < 4.78 is 0. The number of unbranched alkanes of at least 4 members (excludes halogenated alkanes) is 1. The van der Waals surface area contributed by atoms with Crippen LogP contribution < -0.4 is 16.1 Å². The molecule has 30 heavy (non-hydrogen) atoms. The third-order valence-corrected chi connectivity index (χ3v) is 5.46. The van der Waals surface area contributed by atoms with E-state index in [9.17, 15) is 9.59 Å². The predicted molar refractivity (Wildman–Crippen MR) is 123 cm³/mol. The molecule has 2 aromatic rings. The lowest BCUT2D eigenvalue weighted by Gasteiger charge is -2.22. The minimum atomic E-state index is -0.976. The molecular weight excluding hydrogens is 396 g/mol. The van der Waals surface area contributed by atoms with Crippen molar-refractivity contribution in [2.24, 2.45) is 0 Å². The number of aryl methyl sites for hydroxylation is 2. The van der Waals surface area contributed by atoms with Crippen LogP contribution in [0.1, 0.15) is 44.2 Å². The van der Waals surface area contributed by atoms with Crippen molar-refractivity contribution in [2.45, 2.75) is 51.5 Å². The second kappa shape index (κ2) is 9.71. The standard InChI is InChI=1S/C23H28N4O2S/c1-3-4-8-18-11-13-19(14-12-18)24-21(30)26-27-20(28)23(2,25-22(27)29)16-15-17-9-6-5-7-10-17/h5-7,9-14H,3-4,8,15-16H2,1-2H3,(H,25,29)(H2,24,26,30)/t23-/m0/s1. The minimum Gasteiger partial charge on any atom is -0.331 e. The first-order chi connectivity index (χ1) is 14.4. The highest BCUT2D eigenvalue weighted by Gasteiger charge is 2.48. The molecule has 0 spiro atoms. The van der Waals surface area contributed by atoms with Crippen LogP contribution in [0.5, 0.6) is 0 Å². The Morgan fingerprint density at radius 2 is 1.70 bits per heavy atom. The van der Waals surface area contributed by atoms with Gasteiger partial charge >= 0.3 is 6.03 Å². The maximum absolute atomic E-state index is 12.9. The second-order valence-corrected chi connectivity index (χ2v) is 8.16. The number of carbonyl (C=O) groups excluding carboxylic acids is 2. The Hall–Kier alpha value is -2.93. The van der Waals surface area contributed by atoms with Crippen molar-refractivity contribution in [2.75, 3.05) is 5.32 Å². The first kappa shape index (κ1) is 21.8. The Morgan fingerprint density at radius 1 is 1.03 bits per heavy atom. The molecule has 3 rings (SSSR count). The molecule has 2 aromatic carbocycles. The fourth-order valence-corrected chi connectivity index (χ4v) is 3.60. The highest BCUT2D eigenvalue weighted by molar-refractivity contribution is 7.80. The Balaban J connectivity index is 1.56. The molecule has 0 aliphatic carbocycles. The van der Waals surface area contributed by atoms with Crippen LogP contribution in [0, 0.1) is 0 Å². The van der Waals surface area contributed by atoms with E-state index in [-0.39, 0.29) is 11.0 Å². The number of imide groups is 1. The number of benzene rings is 2. The fourth-order valence-electron chi connectivity index (χ4n) is 3.39. The monoisotopic (exact) mass is 424 g/mol. The molecule has 0 aromatic heterocycles. The summed E-state index contributed by atoms with van der Waals surface area (Å²) in [6.45, 7) is 3.91. The van der Waals surface area contributed by atoms with E-state index in [1.165, 1.54) is 5.56 Å². The van der Waals surface area contributed by atoms with Crippen molar-refractivity contribution in [3.05, 3.63) is 65.7 Å². The van der Waals surface area contributed by atoms with E-state index in [0.29, 0.717) is 12.8 Å². The molecule has 3 amide bonds. The zero-order valence-electron chi connectivity index (χ0n) is 17.4. The molecule has 1 saturated heterocycles. The molecule has 7 heteroatoms. The molecule has 1 fully saturated rings. The number of amides is 3. The van der Waals surface area contributed by atoms with E-state index in [2.05, 4.69) is 35.1 Å². The fraction of sp³-hybridized carbons (Fsp3) is 0.348. The maximum Gasteiger partial charge on any atom is 0.344 e. The van der Waals surface area contributed by atoms with Gasteiger partial charge in [0.15, 0.2) is 5.11 Å². The van der Waals surface area contributed by atoms with Crippen LogP contribution in [0.15, 0.2) is 54.6 Å². The SMILES string of the molecule is CCCCc1ccc(NC(=S)NN2C(=O)N[C@@](C)(CCc3ccccc3)C2=O)cc1. The normalized spacial score (nSPS) is 18.3. The van der Waals surface area contributed by atoms with Gasteiger partial charge in [0.2, 0.25) is 0 Å². The van der Waals surface area contributed by atoms with E-state index in [0.717, 1.165) is 35.5 Å². The molecule has 0 bridgehead atoms. The summed E-state index contributed by atoms with van der Waals surface area (Å²) in [7, 11) is 0. The molecule has 1 aliphatic heterocycles. The zero-order chi connectivity index (χ0) is 21.6. The quantitative estimate of drug-likeness (QED) is 0.438. The highest BCUT2D eigenvalue weighted by Crippen LogP contribution is 2.22. The summed E-state index contributed by atoms with van der Waals surface area (Å²) in [5.41, 5.74) is 4.93. The van der Waals surface area contributed by atoms with E-state index >= 15 is 0 Å². The zero-order valence-corrected chi connectivity index (χ0v) is 18.2. The van der Waals surface area contributed by atoms with Crippen molar-refractivity contribution in [1.29, 1.82) is 0 Å². The Labute approximate surface area is 183 Å². The largest absolute Gasteiger partial charge is 0.344 e. The molecule has 0 unspecified atom stereocenters. The Kier molecular flexibility index (Phi) is 7.05. The van der Waals surface area contributed by atoms with Crippen LogP contribution in [0.4, 0.5) is 10.5 Å². The topological polar surface area (TPSA) is 73.5 Å². The molecule has 1 atom stereocenters. The van der Waals surface area contributed by atoms with Gasteiger partial charge in [-0.2, -0.15) is 5.01 Å². The van der Waals surface area contributed by atoms with Gasteiger partial charge in [-0.1, -0.05) is 55.8 Å². The van der Waals surface area contributed by atoms with Gasteiger partial charge in [0.25, 0.3) is 5.91 Å². The van der Waals surface area contributed by atoms with Crippen molar-refractivity contribution >= 4 is 35.0 Å². The van der Waals surface area contributed by atoms with E-state index < -0.39 is 11.6 Å². The average Bonchev–Trinajstić information content (AvgIpc) is 2.96. The van der Waals surface area contributed by atoms with Gasteiger partial charge in [-0.05, 0) is 68.1 Å². The minimum absolute atomic E-state index is 0.187. The number of hydrogen-bond donors (Lipinski definition) is 3. The van der Waals surface area contributed by atoms with Crippen LogP contribution in [-0.4, -0.2) is 27.6 Å². The molecule has 1 heterocycles. The van der Waals surface area contributed by atoms with Crippen LogP contribution in [-0.2, 0) is 17.6 Å². The first-order valence-electron chi connectivity index (χ1n) is 10.3. The lowest BCUT2D eigenvalue weighted by Crippen LogP contribution is -2.50. The number of nitrogens with one attached hydrogen (secondary N) is 3. The van der Waals surface area contributed by atoms with Gasteiger partial charge in [-0.3, -0.25) is 10.2 Å². The molecule has 0 saturated carbocycles.